The van der Waals surface area contributed by atoms with Gasteiger partial charge < -0.3 is 0 Å². The molecule has 0 aromatic heterocycles. The van der Waals surface area contributed by atoms with Gasteiger partial charge in [-0.15, -0.1) is 0 Å². The van der Waals surface area contributed by atoms with Gasteiger partial charge in [0.2, 0.25) is 0 Å². The first-order valence-corrected chi connectivity index (χ1v) is 12.4. The van der Waals surface area contributed by atoms with Crippen LogP contribution >= 0.6 is 18.8 Å². The van der Waals surface area contributed by atoms with Gasteiger partial charge in [-0.3, -0.25) is 0 Å². The molecule has 5 heteroatoms. The van der Waals surface area contributed by atoms with Crippen LogP contribution in [0.15, 0.2) is 48.5 Å². The van der Waals surface area contributed by atoms with Gasteiger partial charge in [-0.25, -0.2) is 0 Å². The van der Waals surface area contributed by atoms with E-state index in [1.807, 2.05) is 48.5 Å². The summed E-state index contributed by atoms with van der Waals surface area (Å²) in [6.45, 7) is 7.70. The summed E-state index contributed by atoms with van der Waals surface area (Å²) in [4.78, 5) is 8.00. The van der Waals surface area contributed by atoms with E-state index in [0.717, 1.165) is 11.4 Å². The molecule has 0 saturated heterocycles. The van der Waals surface area contributed by atoms with Crippen molar-refractivity contribution in [2.75, 3.05) is 0 Å². The van der Waals surface area contributed by atoms with Crippen molar-refractivity contribution in [3.63, 3.8) is 0 Å². The van der Waals surface area contributed by atoms with Crippen LogP contribution in [0.4, 0.5) is 11.4 Å². The Morgan fingerprint density at radius 1 is 0.696 bits per heavy atom. The van der Waals surface area contributed by atoms with Gasteiger partial charge >= 0.3 is 46.7 Å². The molecule has 0 saturated carbocycles. The molecule has 0 fully saturated rings. The maximum atomic E-state index is 4.88. The number of benzene rings is 2. The fraction of sp³-hybridized carbons (Fsp3) is 0.222. The van der Waals surface area contributed by atoms with Crippen LogP contribution in [-0.4, -0.2) is 0 Å². The first-order valence-electron chi connectivity index (χ1n) is 6.78. The van der Waals surface area contributed by atoms with E-state index in [-0.39, 0.29) is 0 Å². The number of nitrogens with zero attached hydrogens (tertiary/aromatic N) is 2. The van der Waals surface area contributed by atoms with E-state index < -0.39 is 16.5 Å². The average Bonchev–Trinajstić information content (AvgIpc) is 2.54. The van der Waals surface area contributed by atoms with Gasteiger partial charge in [0, 0.05) is 24.3 Å². The van der Waals surface area contributed by atoms with Crippen LogP contribution in [0, 0.1) is 26.0 Å². The van der Waals surface area contributed by atoms with E-state index in [4.69, 9.17) is 18.8 Å². The molecular weight excluding hydrogens is 510 g/mol. The third-order valence-electron chi connectivity index (χ3n) is 2.55. The normalized spacial score (nSPS) is 8.09. The molecule has 0 heterocycles. The van der Waals surface area contributed by atoms with Gasteiger partial charge in [0.15, 0.2) is 0 Å². The molecule has 2 aromatic carbocycles. The van der Waals surface area contributed by atoms with Crippen LogP contribution in [0.1, 0.15) is 25.0 Å². The predicted molar refractivity (Wildman–Crippen MR) is 99.2 cm³/mol. The van der Waals surface area contributed by atoms with E-state index in [2.05, 4.69) is 35.7 Å². The zero-order valence-electron chi connectivity index (χ0n) is 13.6. The molecule has 0 bridgehead atoms. The molecule has 0 N–H and O–H groups in total. The molecule has 0 aliphatic rings. The van der Waals surface area contributed by atoms with Crippen molar-refractivity contribution >= 4 is 30.2 Å². The summed E-state index contributed by atoms with van der Waals surface area (Å²) in [6.07, 6.45) is 0. The molecule has 124 valence electrons. The summed E-state index contributed by atoms with van der Waals surface area (Å²) in [7, 11) is 9.75. The van der Waals surface area contributed by atoms with Crippen LogP contribution < -0.4 is 0 Å². The molecular formula is C18H20Cl2N2Pt+2. The average molecular weight is 530 g/mol. The van der Waals surface area contributed by atoms with Crippen molar-refractivity contribution in [2.45, 2.75) is 27.7 Å². The molecule has 0 unspecified atom stereocenters. The second-order valence-corrected chi connectivity index (χ2v) is 7.67. The van der Waals surface area contributed by atoms with E-state index in [1.54, 1.807) is 13.8 Å². The Hall–Kier alpha value is -1.31. The maximum absolute atomic E-state index is 4.88. The van der Waals surface area contributed by atoms with Gasteiger partial charge in [0.25, 0.3) is 12.1 Å². The van der Waals surface area contributed by atoms with Crippen LogP contribution in [0.5, 0.6) is 0 Å². The van der Waals surface area contributed by atoms with Crippen molar-refractivity contribution in [3.8, 4) is 12.1 Å². The zero-order valence-corrected chi connectivity index (χ0v) is 17.4. The number of halogens is 2. The van der Waals surface area contributed by atoms with Crippen LogP contribution in [0.2, 0.25) is 0 Å². The van der Waals surface area contributed by atoms with Crippen molar-refractivity contribution < 1.29 is 16.5 Å². The van der Waals surface area contributed by atoms with Crippen molar-refractivity contribution in [3.05, 3.63) is 69.3 Å². The summed E-state index contributed by atoms with van der Waals surface area (Å²) in [5.74, 6) is 0. The monoisotopic (exact) mass is 529 g/mol. The second kappa shape index (κ2) is 14.3. The number of rotatable bonds is 0. The molecule has 0 aliphatic heterocycles. The number of hydrogen-bond acceptors (Lipinski definition) is 0. The summed E-state index contributed by atoms with van der Waals surface area (Å²) in [5, 5.41) is 0. The summed E-state index contributed by atoms with van der Waals surface area (Å²) >= 11 is -0.472. The Morgan fingerprint density at radius 3 is 1.17 bits per heavy atom. The fourth-order valence-corrected chi connectivity index (χ4v) is 1.50. The second-order valence-electron chi connectivity index (χ2n) is 4.39. The molecule has 0 radical (unpaired) electrons. The standard InChI is InChI=1S/2C9H10N.2ClH.Pt/c2*1-3-10-9-6-4-8(2)5-7-9;;;/h2*4-7H,1-2H3;2*1H;/q2*+1;;;+2/p-2. The SMILES string of the molecule is CC#[N+]c1ccc(C)cc1.CC#[N+]c1ccc(C)cc1.[Cl][Pt][Cl]. The molecule has 0 spiro atoms. The number of aryl methyl sites for hydroxylation is 2. The summed E-state index contributed by atoms with van der Waals surface area (Å²) in [6, 6.07) is 21.5. The van der Waals surface area contributed by atoms with Crippen LogP contribution in [0.3, 0.4) is 0 Å². The van der Waals surface area contributed by atoms with Gasteiger partial charge in [0.05, 0.1) is 13.8 Å². The first kappa shape index (κ1) is 21.7. The molecule has 2 rings (SSSR count). The Bertz CT molecular complexity index is 614. The quantitative estimate of drug-likeness (QED) is 0.337. The Labute approximate surface area is 155 Å². The molecule has 0 atom stereocenters. The summed E-state index contributed by atoms with van der Waals surface area (Å²) in [5.41, 5.74) is 4.45. The third-order valence-corrected chi connectivity index (χ3v) is 2.55. The van der Waals surface area contributed by atoms with Crippen molar-refractivity contribution in [2.24, 2.45) is 0 Å². The Balaban J connectivity index is 0.000000360. The van der Waals surface area contributed by atoms with Crippen LogP contribution in [0.25, 0.3) is 9.69 Å². The van der Waals surface area contributed by atoms with Crippen molar-refractivity contribution in [1.82, 2.24) is 0 Å². The van der Waals surface area contributed by atoms with E-state index in [9.17, 15) is 0 Å². The van der Waals surface area contributed by atoms with Crippen molar-refractivity contribution in [1.29, 1.82) is 0 Å². The summed E-state index contributed by atoms with van der Waals surface area (Å²) < 4.78 is 0. The van der Waals surface area contributed by atoms with E-state index in [1.165, 1.54) is 11.1 Å². The molecule has 0 aliphatic carbocycles. The van der Waals surface area contributed by atoms with Crippen LogP contribution in [-0.2, 0) is 16.5 Å². The van der Waals surface area contributed by atoms with Gasteiger partial charge in [-0.1, -0.05) is 35.4 Å². The zero-order chi connectivity index (χ0) is 17.5. The van der Waals surface area contributed by atoms with Gasteiger partial charge in [0.1, 0.15) is 0 Å². The Morgan fingerprint density at radius 2 is 0.957 bits per heavy atom. The Kier molecular flexibility index (Phi) is 13.5. The van der Waals surface area contributed by atoms with Gasteiger partial charge in [-0.05, 0) is 23.5 Å². The van der Waals surface area contributed by atoms with E-state index >= 15 is 0 Å². The minimum atomic E-state index is -0.472. The predicted octanol–water partition coefficient (Wildman–Crippen LogP) is 7.34. The fourth-order valence-electron chi connectivity index (χ4n) is 1.50. The third kappa shape index (κ3) is 11.9. The van der Waals surface area contributed by atoms with E-state index in [0.29, 0.717) is 0 Å². The molecule has 2 nitrogen and oxygen atoms in total. The van der Waals surface area contributed by atoms with Gasteiger partial charge in [-0.2, -0.15) is 0 Å². The molecule has 23 heavy (non-hydrogen) atoms. The minimum absolute atomic E-state index is 0.472. The topological polar surface area (TPSA) is 8.72 Å². The first-order chi connectivity index (χ1) is 11.1. The number of hydrogen-bond donors (Lipinski definition) is 0. The molecule has 2 aromatic rings. The molecule has 0 amide bonds.